The molecule has 1 fully saturated rings. The zero-order valence-electron chi connectivity index (χ0n) is 10.4. The monoisotopic (exact) mass is 233 g/mol. The Kier molecular flexibility index (Phi) is 3.74. The number of aryl methyl sites for hydroxylation is 1. The fourth-order valence-corrected chi connectivity index (χ4v) is 2.24. The zero-order chi connectivity index (χ0) is 12.3. The summed E-state index contributed by atoms with van der Waals surface area (Å²) in [4.78, 5) is 16.2. The predicted octanol–water partition coefficient (Wildman–Crippen LogP) is 1.72. The lowest BCUT2D eigenvalue weighted by Gasteiger charge is -2.27. The van der Waals surface area contributed by atoms with Gasteiger partial charge in [-0.05, 0) is 45.4 Å². The van der Waals surface area contributed by atoms with E-state index in [9.17, 15) is 4.79 Å². The molecule has 2 atom stereocenters. The van der Waals surface area contributed by atoms with Gasteiger partial charge in [-0.15, -0.1) is 0 Å². The van der Waals surface area contributed by atoms with Crippen molar-refractivity contribution in [3.8, 4) is 0 Å². The van der Waals surface area contributed by atoms with Gasteiger partial charge in [-0.3, -0.25) is 9.78 Å². The SMILES string of the molecule is Cc1cc(NC(=O)[C@H]2CCN[C@@H](C)C2)ccn1. The van der Waals surface area contributed by atoms with E-state index in [0.29, 0.717) is 6.04 Å². The number of carbonyl (C=O) groups excluding carboxylic acids is 1. The molecule has 0 radical (unpaired) electrons. The average Bonchev–Trinajstić information content (AvgIpc) is 2.29. The summed E-state index contributed by atoms with van der Waals surface area (Å²) in [6.07, 6.45) is 3.55. The third-order valence-electron chi connectivity index (χ3n) is 3.16. The van der Waals surface area contributed by atoms with Crippen molar-refractivity contribution in [1.29, 1.82) is 0 Å². The molecular formula is C13H19N3O. The highest BCUT2D eigenvalue weighted by Crippen LogP contribution is 2.18. The standard InChI is InChI=1S/C13H19N3O/c1-9-7-11(3-5-14-9)13(17)16-12-4-6-15-10(2)8-12/h4,6,8-9,11,14H,3,5,7H2,1-2H3,(H,15,16,17)/t9-,11-/m0/s1. The van der Waals surface area contributed by atoms with E-state index in [1.165, 1.54) is 0 Å². The van der Waals surface area contributed by atoms with E-state index in [-0.39, 0.29) is 11.8 Å². The lowest BCUT2D eigenvalue weighted by atomic mass is 9.92. The number of pyridine rings is 1. The number of nitrogens with zero attached hydrogens (tertiary/aromatic N) is 1. The van der Waals surface area contributed by atoms with Crippen molar-refractivity contribution in [1.82, 2.24) is 10.3 Å². The average molecular weight is 233 g/mol. The second kappa shape index (κ2) is 5.27. The molecule has 4 heteroatoms. The van der Waals surface area contributed by atoms with Crippen molar-refractivity contribution in [2.24, 2.45) is 5.92 Å². The van der Waals surface area contributed by atoms with Crippen molar-refractivity contribution in [2.75, 3.05) is 11.9 Å². The first-order valence-electron chi connectivity index (χ1n) is 6.12. The minimum atomic E-state index is 0.125. The molecule has 1 amide bonds. The quantitative estimate of drug-likeness (QED) is 0.817. The molecule has 4 nitrogen and oxygen atoms in total. The Morgan fingerprint density at radius 3 is 3.12 bits per heavy atom. The van der Waals surface area contributed by atoms with Crippen molar-refractivity contribution in [3.05, 3.63) is 24.0 Å². The molecule has 17 heavy (non-hydrogen) atoms. The van der Waals surface area contributed by atoms with E-state index in [4.69, 9.17) is 0 Å². The van der Waals surface area contributed by atoms with Gasteiger partial charge in [0, 0.05) is 29.5 Å². The highest BCUT2D eigenvalue weighted by atomic mass is 16.1. The minimum absolute atomic E-state index is 0.125. The molecule has 0 spiro atoms. The Hall–Kier alpha value is -1.42. The van der Waals surface area contributed by atoms with Crippen LogP contribution in [0.3, 0.4) is 0 Å². The Morgan fingerprint density at radius 2 is 2.41 bits per heavy atom. The van der Waals surface area contributed by atoms with Gasteiger partial charge < -0.3 is 10.6 Å². The first-order chi connectivity index (χ1) is 8.15. The highest BCUT2D eigenvalue weighted by Gasteiger charge is 2.24. The Labute approximate surface area is 102 Å². The summed E-state index contributed by atoms with van der Waals surface area (Å²) >= 11 is 0. The van der Waals surface area contributed by atoms with Crippen LogP contribution in [-0.2, 0) is 4.79 Å². The Balaban J connectivity index is 1.96. The number of anilines is 1. The van der Waals surface area contributed by atoms with Crippen LogP contribution in [0.1, 0.15) is 25.5 Å². The summed E-state index contributed by atoms with van der Waals surface area (Å²) < 4.78 is 0. The molecule has 1 aliphatic rings. The van der Waals surface area contributed by atoms with Gasteiger partial charge in [0.2, 0.25) is 5.91 Å². The number of carbonyl (C=O) groups is 1. The molecule has 2 N–H and O–H groups in total. The number of hydrogen-bond donors (Lipinski definition) is 2. The van der Waals surface area contributed by atoms with Crippen LogP contribution in [0.15, 0.2) is 18.3 Å². The van der Waals surface area contributed by atoms with Crippen molar-refractivity contribution < 1.29 is 4.79 Å². The van der Waals surface area contributed by atoms with Gasteiger partial charge in [-0.1, -0.05) is 0 Å². The van der Waals surface area contributed by atoms with Gasteiger partial charge in [0.25, 0.3) is 0 Å². The summed E-state index contributed by atoms with van der Waals surface area (Å²) in [5, 5.41) is 6.32. The topological polar surface area (TPSA) is 54.0 Å². The van der Waals surface area contributed by atoms with Crippen LogP contribution < -0.4 is 10.6 Å². The smallest absolute Gasteiger partial charge is 0.227 e. The van der Waals surface area contributed by atoms with Crippen molar-refractivity contribution in [2.45, 2.75) is 32.7 Å². The second-order valence-corrected chi connectivity index (χ2v) is 4.75. The predicted molar refractivity (Wildman–Crippen MR) is 67.8 cm³/mol. The molecule has 1 aliphatic heterocycles. The van der Waals surface area contributed by atoms with Crippen LogP contribution in [0.25, 0.3) is 0 Å². The maximum Gasteiger partial charge on any atom is 0.227 e. The molecule has 0 unspecified atom stereocenters. The molecular weight excluding hydrogens is 214 g/mol. The largest absolute Gasteiger partial charge is 0.326 e. The molecule has 1 saturated heterocycles. The van der Waals surface area contributed by atoms with Crippen LogP contribution in [0, 0.1) is 12.8 Å². The third-order valence-corrected chi connectivity index (χ3v) is 3.16. The van der Waals surface area contributed by atoms with Gasteiger partial charge in [0.05, 0.1) is 0 Å². The summed E-state index contributed by atoms with van der Waals surface area (Å²) in [7, 11) is 0. The fraction of sp³-hybridized carbons (Fsp3) is 0.538. The van der Waals surface area contributed by atoms with Crippen LogP contribution >= 0.6 is 0 Å². The Morgan fingerprint density at radius 1 is 1.59 bits per heavy atom. The lowest BCUT2D eigenvalue weighted by molar-refractivity contribution is -0.120. The number of piperidine rings is 1. The maximum absolute atomic E-state index is 12.1. The summed E-state index contributed by atoms with van der Waals surface area (Å²) in [5.41, 5.74) is 1.76. The molecule has 2 heterocycles. The maximum atomic E-state index is 12.1. The van der Waals surface area contributed by atoms with Gasteiger partial charge in [0.1, 0.15) is 0 Å². The van der Waals surface area contributed by atoms with Crippen LogP contribution in [0.2, 0.25) is 0 Å². The summed E-state index contributed by atoms with van der Waals surface area (Å²) in [6, 6.07) is 4.15. The molecule has 1 aromatic heterocycles. The first-order valence-corrected chi connectivity index (χ1v) is 6.12. The van der Waals surface area contributed by atoms with Crippen molar-refractivity contribution in [3.63, 3.8) is 0 Å². The molecule has 0 saturated carbocycles. The fourth-order valence-electron chi connectivity index (χ4n) is 2.24. The number of hydrogen-bond acceptors (Lipinski definition) is 3. The van der Waals surface area contributed by atoms with Gasteiger partial charge >= 0.3 is 0 Å². The normalized spacial score (nSPS) is 24.4. The van der Waals surface area contributed by atoms with E-state index in [1.807, 2.05) is 19.1 Å². The molecule has 2 rings (SSSR count). The second-order valence-electron chi connectivity index (χ2n) is 4.75. The Bertz CT molecular complexity index is 405. The summed E-state index contributed by atoms with van der Waals surface area (Å²) in [6.45, 7) is 4.97. The van der Waals surface area contributed by atoms with Crippen molar-refractivity contribution >= 4 is 11.6 Å². The third kappa shape index (κ3) is 3.27. The van der Waals surface area contributed by atoms with Crippen LogP contribution in [0.5, 0.6) is 0 Å². The lowest BCUT2D eigenvalue weighted by Crippen LogP contribution is -2.40. The van der Waals surface area contributed by atoms with E-state index < -0.39 is 0 Å². The highest BCUT2D eigenvalue weighted by molar-refractivity contribution is 5.92. The van der Waals surface area contributed by atoms with Crippen LogP contribution in [-0.4, -0.2) is 23.5 Å². The van der Waals surface area contributed by atoms with E-state index in [2.05, 4.69) is 22.5 Å². The summed E-state index contributed by atoms with van der Waals surface area (Å²) in [5.74, 6) is 0.253. The molecule has 0 aromatic carbocycles. The molecule has 1 aromatic rings. The number of aromatic nitrogens is 1. The zero-order valence-corrected chi connectivity index (χ0v) is 10.4. The van der Waals surface area contributed by atoms with Gasteiger partial charge in [-0.25, -0.2) is 0 Å². The first kappa shape index (κ1) is 12.0. The number of nitrogens with one attached hydrogen (secondary N) is 2. The molecule has 92 valence electrons. The molecule has 0 bridgehead atoms. The minimum Gasteiger partial charge on any atom is -0.326 e. The van der Waals surface area contributed by atoms with Gasteiger partial charge in [-0.2, -0.15) is 0 Å². The molecule has 0 aliphatic carbocycles. The number of amides is 1. The van der Waals surface area contributed by atoms with E-state index >= 15 is 0 Å². The van der Waals surface area contributed by atoms with Crippen LogP contribution in [0.4, 0.5) is 5.69 Å². The van der Waals surface area contributed by atoms with Gasteiger partial charge in [0.15, 0.2) is 0 Å². The van der Waals surface area contributed by atoms with E-state index in [0.717, 1.165) is 30.8 Å². The van der Waals surface area contributed by atoms with E-state index in [1.54, 1.807) is 6.20 Å². The number of rotatable bonds is 2.